The van der Waals surface area contributed by atoms with Crippen molar-refractivity contribution in [3.8, 4) is 11.8 Å². The molecule has 0 aliphatic carbocycles. The molecule has 184 valence electrons. The molecule has 37 heavy (non-hydrogen) atoms. The third kappa shape index (κ3) is 4.87. The molecule has 0 saturated carbocycles. The number of carbonyl (C=O) groups is 1. The van der Waals surface area contributed by atoms with Crippen molar-refractivity contribution in [2.45, 2.75) is 33.4 Å². The van der Waals surface area contributed by atoms with Crippen LogP contribution < -0.4 is 10.9 Å². The lowest BCUT2D eigenvalue weighted by molar-refractivity contribution is 0.0956. The fraction of sp³-hybridized carbons (Fsp3) is 0.200. The average Bonchev–Trinajstić information content (AvgIpc) is 3.25. The molecule has 0 radical (unpaired) electrons. The zero-order valence-electron chi connectivity index (χ0n) is 21.0. The Morgan fingerprint density at radius 1 is 1.05 bits per heavy atom. The van der Waals surface area contributed by atoms with Crippen molar-refractivity contribution in [3.63, 3.8) is 0 Å². The van der Waals surface area contributed by atoms with Gasteiger partial charge < -0.3 is 14.5 Å². The van der Waals surface area contributed by atoms with E-state index >= 15 is 0 Å². The van der Waals surface area contributed by atoms with Gasteiger partial charge in [0.25, 0.3) is 11.5 Å². The number of aromatic nitrogens is 4. The summed E-state index contributed by atoms with van der Waals surface area (Å²) < 4.78 is 3.74. The van der Waals surface area contributed by atoms with E-state index in [4.69, 9.17) is 0 Å². The van der Waals surface area contributed by atoms with Gasteiger partial charge in [0.2, 0.25) is 0 Å². The van der Waals surface area contributed by atoms with Gasteiger partial charge in [0, 0.05) is 23.2 Å². The van der Waals surface area contributed by atoms with E-state index < -0.39 is 5.91 Å². The van der Waals surface area contributed by atoms with Crippen LogP contribution in [0.4, 0.5) is 0 Å². The van der Waals surface area contributed by atoms with Crippen LogP contribution in [0.15, 0.2) is 77.9 Å². The van der Waals surface area contributed by atoms with Crippen molar-refractivity contribution in [1.29, 1.82) is 0 Å². The summed E-state index contributed by atoms with van der Waals surface area (Å²) in [5.41, 5.74) is 4.35. The van der Waals surface area contributed by atoms with Crippen molar-refractivity contribution in [2.24, 2.45) is 0 Å². The Kier molecular flexibility index (Phi) is 6.57. The molecule has 0 saturated heterocycles. The molecule has 7 heteroatoms. The Morgan fingerprint density at radius 2 is 1.86 bits per heavy atom. The van der Waals surface area contributed by atoms with Crippen LogP contribution in [0.2, 0.25) is 0 Å². The fourth-order valence-electron chi connectivity index (χ4n) is 4.58. The minimum atomic E-state index is -0.442. The summed E-state index contributed by atoms with van der Waals surface area (Å²) in [4.78, 5) is 34.7. The molecule has 3 aromatic heterocycles. The Hall–Kier alpha value is -4.70. The van der Waals surface area contributed by atoms with Gasteiger partial charge in [-0.2, -0.15) is 0 Å². The number of amides is 1. The van der Waals surface area contributed by atoms with Crippen LogP contribution in [0.25, 0.3) is 21.9 Å². The molecule has 1 N–H and O–H groups in total. The standard InChI is InChI=1S/C30H27N5O2/c1-20(2)35-21(3)33-27-18-32-26-14-13-22(17-25(26)28(27)35)11-7-15-31-29(36)24-12-8-16-34(30(24)37)19-23-9-5-4-6-10-23/h4-6,8-10,12-14,16-18,20H,15,19H2,1-3H3,(H,31,36). The van der Waals surface area contributed by atoms with Gasteiger partial charge in [-0.15, -0.1) is 0 Å². The molecule has 7 nitrogen and oxygen atoms in total. The molecule has 0 bridgehead atoms. The molecule has 1 amide bonds. The number of nitrogens with zero attached hydrogens (tertiary/aromatic N) is 4. The molecule has 0 unspecified atom stereocenters. The average molecular weight is 490 g/mol. The minimum Gasteiger partial charge on any atom is -0.341 e. The highest BCUT2D eigenvalue weighted by molar-refractivity contribution is 6.03. The van der Waals surface area contributed by atoms with Crippen LogP contribution in [0, 0.1) is 18.8 Å². The molecule has 3 heterocycles. The molecule has 0 atom stereocenters. The van der Waals surface area contributed by atoms with Gasteiger partial charge in [0.1, 0.15) is 16.9 Å². The van der Waals surface area contributed by atoms with Gasteiger partial charge in [-0.3, -0.25) is 14.6 Å². The first-order chi connectivity index (χ1) is 17.9. The highest BCUT2D eigenvalue weighted by atomic mass is 16.2. The number of fused-ring (bicyclic) bond motifs is 3. The van der Waals surface area contributed by atoms with Gasteiger partial charge in [-0.1, -0.05) is 42.2 Å². The van der Waals surface area contributed by atoms with Crippen molar-refractivity contribution >= 4 is 27.8 Å². The van der Waals surface area contributed by atoms with Crippen LogP contribution in [0.5, 0.6) is 0 Å². The highest BCUT2D eigenvalue weighted by Gasteiger charge is 2.14. The lowest BCUT2D eigenvalue weighted by Gasteiger charge is -2.12. The van der Waals surface area contributed by atoms with E-state index in [1.54, 1.807) is 12.3 Å². The van der Waals surface area contributed by atoms with E-state index in [1.165, 1.54) is 10.6 Å². The van der Waals surface area contributed by atoms with E-state index in [9.17, 15) is 9.59 Å². The maximum absolute atomic E-state index is 12.8. The van der Waals surface area contributed by atoms with E-state index in [-0.39, 0.29) is 23.7 Å². The number of rotatable bonds is 5. The topological polar surface area (TPSA) is 81.8 Å². The summed E-state index contributed by atoms with van der Waals surface area (Å²) in [7, 11) is 0. The SMILES string of the molecule is Cc1nc2cnc3ccc(C#CCNC(=O)c4cccn(Cc5ccccc5)c4=O)cc3c2n1C(C)C. The summed E-state index contributed by atoms with van der Waals surface area (Å²) in [6.07, 6.45) is 3.49. The maximum Gasteiger partial charge on any atom is 0.263 e. The molecule has 5 rings (SSSR count). The largest absolute Gasteiger partial charge is 0.341 e. The number of nitrogens with one attached hydrogen (secondary N) is 1. The quantitative estimate of drug-likeness (QED) is 0.370. The number of hydrogen-bond acceptors (Lipinski definition) is 4. The summed E-state index contributed by atoms with van der Waals surface area (Å²) in [5.74, 6) is 6.62. The van der Waals surface area contributed by atoms with Gasteiger partial charge in [0.15, 0.2) is 0 Å². The van der Waals surface area contributed by atoms with Crippen LogP contribution in [0.1, 0.15) is 47.2 Å². The van der Waals surface area contributed by atoms with Gasteiger partial charge in [-0.25, -0.2) is 4.98 Å². The zero-order chi connectivity index (χ0) is 25.9. The number of benzene rings is 2. The molecule has 2 aromatic carbocycles. The smallest absolute Gasteiger partial charge is 0.263 e. The summed E-state index contributed by atoms with van der Waals surface area (Å²) in [6, 6.07) is 19.0. The Labute approximate surface area is 214 Å². The Balaban J connectivity index is 1.34. The third-order valence-corrected chi connectivity index (χ3v) is 6.24. The van der Waals surface area contributed by atoms with Crippen molar-refractivity contribution in [3.05, 3.63) is 106 Å². The van der Waals surface area contributed by atoms with E-state index in [0.717, 1.165) is 38.9 Å². The van der Waals surface area contributed by atoms with Gasteiger partial charge in [0.05, 0.1) is 30.3 Å². The van der Waals surface area contributed by atoms with E-state index in [2.05, 4.69) is 45.5 Å². The molecule has 0 spiro atoms. The highest BCUT2D eigenvalue weighted by Crippen LogP contribution is 2.28. The first-order valence-corrected chi connectivity index (χ1v) is 12.2. The molecule has 5 aromatic rings. The fourth-order valence-corrected chi connectivity index (χ4v) is 4.58. The van der Waals surface area contributed by atoms with Crippen LogP contribution >= 0.6 is 0 Å². The molecular weight excluding hydrogens is 462 g/mol. The van der Waals surface area contributed by atoms with Crippen molar-refractivity contribution < 1.29 is 4.79 Å². The van der Waals surface area contributed by atoms with Crippen LogP contribution in [0.3, 0.4) is 0 Å². The first-order valence-electron chi connectivity index (χ1n) is 12.2. The monoisotopic (exact) mass is 489 g/mol. The predicted molar refractivity (Wildman–Crippen MR) is 146 cm³/mol. The van der Waals surface area contributed by atoms with Gasteiger partial charge >= 0.3 is 0 Å². The number of imidazole rings is 1. The van der Waals surface area contributed by atoms with E-state index in [1.807, 2.05) is 61.7 Å². The Morgan fingerprint density at radius 3 is 2.65 bits per heavy atom. The molecule has 0 aliphatic heterocycles. The molecule has 0 fully saturated rings. The first kappa shape index (κ1) is 24.0. The number of hydrogen-bond donors (Lipinski definition) is 1. The summed E-state index contributed by atoms with van der Waals surface area (Å²) in [5, 5.41) is 3.73. The molecule has 0 aliphatic rings. The zero-order valence-corrected chi connectivity index (χ0v) is 21.0. The molecular formula is C30H27N5O2. The number of pyridine rings is 2. The van der Waals surface area contributed by atoms with Gasteiger partial charge in [-0.05, 0) is 56.7 Å². The maximum atomic E-state index is 12.8. The number of aryl methyl sites for hydroxylation is 1. The van der Waals surface area contributed by atoms with Crippen LogP contribution in [-0.4, -0.2) is 31.6 Å². The normalized spacial score (nSPS) is 11.0. The second-order valence-corrected chi connectivity index (χ2v) is 9.17. The lowest BCUT2D eigenvalue weighted by Crippen LogP contribution is -2.33. The second kappa shape index (κ2) is 10.1. The lowest BCUT2D eigenvalue weighted by atomic mass is 10.1. The summed E-state index contributed by atoms with van der Waals surface area (Å²) >= 11 is 0. The minimum absolute atomic E-state index is 0.0942. The van der Waals surface area contributed by atoms with E-state index in [0.29, 0.717) is 6.54 Å². The van der Waals surface area contributed by atoms with Crippen molar-refractivity contribution in [1.82, 2.24) is 24.4 Å². The summed E-state index contributed by atoms with van der Waals surface area (Å²) in [6.45, 7) is 6.79. The predicted octanol–water partition coefficient (Wildman–Crippen LogP) is 4.47. The third-order valence-electron chi connectivity index (χ3n) is 6.24. The number of carbonyl (C=O) groups excluding carboxylic acids is 1. The van der Waals surface area contributed by atoms with Crippen LogP contribution in [-0.2, 0) is 6.54 Å². The van der Waals surface area contributed by atoms with Crippen molar-refractivity contribution in [2.75, 3.05) is 6.54 Å². The second-order valence-electron chi connectivity index (χ2n) is 9.17. The Bertz CT molecular complexity index is 1740.